The maximum absolute atomic E-state index is 12.1. The van der Waals surface area contributed by atoms with Crippen molar-refractivity contribution in [2.75, 3.05) is 20.1 Å². The molecule has 112 valence electrons. The number of benzene rings is 1. The van der Waals surface area contributed by atoms with E-state index < -0.39 is 10.0 Å². The number of carbonyl (C=O) groups is 1. The molecule has 6 heteroatoms. The van der Waals surface area contributed by atoms with Gasteiger partial charge in [0.05, 0.1) is 4.90 Å². The Morgan fingerprint density at radius 1 is 1.35 bits per heavy atom. The second-order valence-electron chi connectivity index (χ2n) is 5.06. The van der Waals surface area contributed by atoms with Crippen molar-refractivity contribution in [3.05, 3.63) is 29.8 Å². The van der Waals surface area contributed by atoms with Crippen LogP contribution < -0.4 is 4.72 Å². The van der Waals surface area contributed by atoms with Gasteiger partial charge in [-0.2, -0.15) is 0 Å². The van der Waals surface area contributed by atoms with Crippen LogP contribution in [0.5, 0.6) is 0 Å². The van der Waals surface area contributed by atoms with Gasteiger partial charge in [0.25, 0.3) is 0 Å². The minimum atomic E-state index is -3.57. The molecular formula is C14H22N2O3S. The van der Waals surface area contributed by atoms with Crippen LogP contribution in [0.4, 0.5) is 0 Å². The van der Waals surface area contributed by atoms with Gasteiger partial charge in [0.1, 0.15) is 0 Å². The zero-order valence-electron chi connectivity index (χ0n) is 12.4. The Kier molecular flexibility index (Phi) is 5.86. The molecule has 1 N–H and O–H groups in total. The monoisotopic (exact) mass is 298 g/mol. The van der Waals surface area contributed by atoms with Crippen molar-refractivity contribution < 1.29 is 13.2 Å². The highest BCUT2D eigenvalue weighted by Crippen LogP contribution is 2.11. The van der Waals surface area contributed by atoms with E-state index in [1.807, 2.05) is 20.9 Å². The molecule has 0 fully saturated rings. The molecule has 0 spiro atoms. The molecule has 0 saturated heterocycles. The lowest BCUT2D eigenvalue weighted by Gasteiger charge is -2.20. The Bertz CT molecular complexity index is 568. The fourth-order valence-corrected chi connectivity index (χ4v) is 2.65. The van der Waals surface area contributed by atoms with Crippen LogP contribution in [0.1, 0.15) is 31.1 Å². The zero-order chi connectivity index (χ0) is 15.3. The Labute approximate surface area is 121 Å². The summed E-state index contributed by atoms with van der Waals surface area (Å²) in [6.07, 6.45) is 0. The summed E-state index contributed by atoms with van der Waals surface area (Å²) in [6.45, 7) is 6.47. The molecule has 0 aliphatic carbocycles. The third-order valence-corrected chi connectivity index (χ3v) is 4.65. The number of Topliss-reactive ketones (excluding diaryl/α,β-unsaturated/α-hetero) is 1. The molecule has 0 atom stereocenters. The number of ketones is 1. The van der Waals surface area contributed by atoms with Crippen LogP contribution >= 0.6 is 0 Å². The quantitative estimate of drug-likeness (QED) is 0.775. The first-order valence-electron chi connectivity index (χ1n) is 6.55. The fraction of sp³-hybridized carbons (Fsp3) is 0.500. The molecule has 0 unspecified atom stereocenters. The first kappa shape index (κ1) is 16.8. The lowest BCUT2D eigenvalue weighted by atomic mass is 10.2. The molecule has 0 saturated carbocycles. The van der Waals surface area contributed by atoms with E-state index >= 15 is 0 Å². The first-order chi connectivity index (χ1) is 9.24. The smallest absolute Gasteiger partial charge is 0.240 e. The van der Waals surface area contributed by atoms with E-state index in [9.17, 15) is 13.2 Å². The number of sulfonamides is 1. The molecule has 0 amide bonds. The fourth-order valence-electron chi connectivity index (χ4n) is 1.58. The summed E-state index contributed by atoms with van der Waals surface area (Å²) in [6, 6.07) is 6.43. The molecule has 1 rings (SSSR count). The average Bonchev–Trinajstić information content (AvgIpc) is 2.38. The Morgan fingerprint density at radius 3 is 2.55 bits per heavy atom. The van der Waals surface area contributed by atoms with Gasteiger partial charge >= 0.3 is 0 Å². The number of nitrogens with zero attached hydrogens (tertiary/aromatic N) is 1. The van der Waals surface area contributed by atoms with Gasteiger partial charge in [-0.05, 0) is 40.0 Å². The number of nitrogens with one attached hydrogen (secondary N) is 1. The van der Waals surface area contributed by atoms with Gasteiger partial charge in [-0.3, -0.25) is 4.79 Å². The van der Waals surface area contributed by atoms with E-state index in [-0.39, 0.29) is 10.7 Å². The van der Waals surface area contributed by atoms with Crippen LogP contribution in [-0.2, 0) is 10.0 Å². The van der Waals surface area contributed by atoms with E-state index in [0.717, 1.165) is 0 Å². The molecule has 0 aromatic heterocycles. The predicted octanol–water partition coefficient (Wildman–Crippen LogP) is 1.51. The lowest BCUT2D eigenvalue weighted by molar-refractivity contribution is 0.101. The maximum Gasteiger partial charge on any atom is 0.240 e. The van der Waals surface area contributed by atoms with E-state index in [1.165, 1.54) is 19.1 Å². The van der Waals surface area contributed by atoms with Crippen LogP contribution in [0.2, 0.25) is 0 Å². The van der Waals surface area contributed by atoms with Gasteiger partial charge in [0.15, 0.2) is 5.78 Å². The number of likely N-dealkylation sites (N-methyl/N-ethyl adjacent to an activating group) is 1. The van der Waals surface area contributed by atoms with Crippen LogP contribution in [-0.4, -0.2) is 45.3 Å². The summed E-state index contributed by atoms with van der Waals surface area (Å²) in [4.78, 5) is 13.5. The lowest BCUT2D eigenvalue weighted by Crippen LogP contribution is -2.36. The number of hydrogen-bond donors (Lipinski definition) is 1. The summed E-state index contributed by atoms with van der Waals surface area (Å²) in [5, 5.41) is 0. The molecule has 1 aromatic carbocycles. The Balaban J connectivity index is 2.74. The normalized spacial score (nSPS) is 12.1. The Morgan fingerprint density at radius 2 is 2.00 bits per heavy atom. The van der Waals surface area contributed by atoms with Crippen molar-refractivity contribution >= 4 is 15.8 Å². The van der Waals surface area contributed by atoms with E-state index in [2.05, 4.69) is 9.62 Å². The van der Waals surface area contributed by atoms with Gasteiger partial charge in [0.2, 0.25) is 10.0 Å². The van der Waals surface area contributed by atoms with E-state index in [1.54, 1.807) is 12.1 Å². The van der Waals surface area contributed by atoms with Crippen LogP contribution in [0, 0.1) is 0 Å². The SMILES string of the molecule is CC(=O)c1cccc(S(=O)(=O)NCCN(C)C(C)C)c1. The van der Waals surface area contributed by atoms with Crippen LogP contribution in [0.3, 0.4) is 0 Å². The predicted molar refractivity (Wildman–Crippen MR) is 79.4 cm³/mol. The largest absolute Gasteiger partial charge is 0.303 e. The standard InChI is InChI=1S/C14H22N2O3S/c1-11(2)16(4)9-8-15-20(18,19)14-7-5-6-13(10-14)12(3)17/h5-7,10-11,15H,8-9H2,1-4H3. The molecule has 0 heterocycles. The highest BCUT2D eigenvalue weighted by molar-refractivity contribution is 7.89. The third kappa shape index (κ3) is 4.70. The van der Waals surface area contributed by atoms with Gasteiger partial charge in [-0.25, -0.2) is 13.1 Å². The van der Waals surface area contributed by atoms with E-state index in [4.69, 9.17) is 0 Å². The third-order valence-electron chi connectivity index (χ3n) is 3.19. The van der Waals surface area contributed by atoms with Crippen molar-refractivity contribution in [3.8, 4) is 0 Å². The van der Waals surface area contributed by atoms with E-state index in [0.29, 0.717) is 24.7 Å². The molecule has 0 bridgehead atoms. The van der Waals surface area contributed by atoms with Gasteiger partial charge in [0, 0.05) is 24.7 Å². The molecule has 5 nitrogen and oxygen atoms in total. The van der Waals surface area contributed by atoms with Gasteiger partial charge in [-0.1, -0.05) is 12.1 Å². The van der Waals surface area contributed by atoms with Crippen molar-refractivity contribution in [2.24, 2.45) is 0 Å². The number of rotatable bonds is 7. The van der Waals surface area contributed by atoms with Gasteiger partial charge < -0.3 is 4.90 Å². The molecule has 20 heavy (non-hydrogen) atoms. The Hall–Kier alpha value is -1.24. The van der Waals surface area contributed by atoms with Gasteiger partial charge in [-0.15, -0.1) is 0 Å². The zero-order valence-corrected chi connectivity index (χ0v) is 13.2. The summed E-state index contributed by atoms with van der Waals surface area (Å²) in [7, 11) is -1.63. The summed E-state index contributed by atoms with van der Waals surface area (Å²) >= 11 is 0. The highest BCUT2D eigenvalue weighted by Gasteiger charge is 2.15. The summed E-state index contributed by atoms with van der Waals surface area (Å²) in [5.41, 5.74) is 0.396. The minimum absolute atomic E-state index is 0.123. The topological polar surface area (TPSA) is 66.5 Å². The van der Waals surface area contributed by atoms with Crippen molar-refractivity contribution in [2.45, 2.75) is 31.7 Å². The molecule has 0 aliphatic rings. The van der Waals surface area contributed by atoms with Crippen molar-refractivity contribution in [1.29, 1.82) is 0 Å². The number of carbonyl (C=O) groups excluding carboxylic acids is 1. The number of hydrogen-bond acceptors (Lipinski definition) is 4. The minimum Gasteiger partial charge on any atom is -0.303 e. The van der Waals surface area contributed by atoms with Crippen LogP contribution in [0.25, 0.3) is 0 Å². The molecular weight excluding hydrogens is 276 g/mol. The van der Waals surface area contributed by atoms with Crippen molar-refractivity contribution in [3.63, 3.8) is 0 Å². The summed E-state index contributed by atoms with van der Waals surface area (Å²) in [5.74, 6) is -0.151. The average molecular weight is 298 g/mol. The second-order valence-corrected chi connectivity index (χ2v) is 6.82. The second kappa shape index (κ2) is 6.97. The maximum atomic E-state index is 12.1. The summed E-state index contributed by atoms with van der Waals surface area (Å²) < 4.78 is 26.8. The van der Waals surface area contributed by atoms with Crippen LogP contribution in [0.15, 0.2) is 29.2 Å². The first-order valence-corrected chi connectivity index (χ1v) is 8.03. The van der Waals surface area contributed by atoms with Crippen molar-refractivity contribution in [1.82, 2.24) is 9.62 Å². The highest BCUT2D eigenvalue weighted by atomic mass is 32.2. The molecule has 0 aliphatic heterocycles. The molecule has 1 aromatic rings. The molecule has 0 radical (unpaired) electrons.